The van der Waals surface area contributed by atoms with Crippen molar-refractivity contribution < 1.29 is 0 Å². The highest BCUT2D eigenvalue weighted by molar-refractivity contribution is 5.72. The van der Waals surface area contributed by atoms with Crippen LogP contribution in [0.25, 0.3) is 11.2 Å². The number of fused-ring (bicyclic) bond motifs is 1. The standard InChI is InChI=1S/C11H17N5/c1-3-13-7-6-10-14-8-4-5-9(12-2)15-11(8)16-10/h4-5,13H,3,6-7H2,1-2H3,(H2,12,14,15,16). The number of nitrogens with one attached hydrogen (secondary N) is 3. The Hall–Kier alpha value is -1.62. The summed E-state index contributed by atoms with van der Waals surface area (Å²) >= 11 is 0. The second-order valence-electron chi connectivity index (χ2n) is 3.60. The lowest BCUT2D eigenvalue weighted by atomic mass is 10.4. The van der Waals surface area contributed by atoms with Gasteiger partial charge in [0.25, 0.3) is 0 Å². The van der Waals surface area contributed by atoms with Crippen molar-refractivity contribution in [3.05, 3.63) is 18.0 Å². The molecule has 16 heavy (non-hydrogen) atoms. The average molecular weight is 219 g/mol. The second kappa shape index (κ2) is 4.94. The van der Waals surface area contributed by atoms with Crippen molar-refractivity contribution in [2.24, 2.45) is 0 Å². The Morgan fingerprint density at radius 2 is 2.19 bits per heavy atom. The molecule has 5 heteroatoms. The number of rotatable bonds is 5. The monoisotopic (exact) mass is 219 g/mol. The zero-order chi connectivity index (χ0) is 11.4. The minimum Gasteiger partial charge on any atom is -0.373 e. The van der Waals surface area contributed by atoms with Crippen LogP contribution in [0, 0.1) is 0 Å². The first-order valence-electron chi connectivity index (χ1n) is 5.57. The molecule has 2 aromatic heterocycles. The van der Waals surface area contributed by atoms with Crippen molar-refractivity contribution >= 4 is 17.0 Å². The molecule has 0 bridgehead atoms. The predicted octanol–water partition coefficient (Wildman–Crippen LogP) is 1.15. The number of aromatic amines is 1. The number of H-pyrrole nitrogens is 1. The van der Waals surface area contributed by atoms with Gasteiger partial charge < -0.3 is 15.6 Å². The van der Waals surface area contributed by atoms with Crippen molar-refractivity contribution in [1.82, 2.24) is 20.3 Å². The zero-order valence-electron chi connectivity index (χ0n) is 9.67. The molecule has 3 N–H and O–H groups in total. The summed E-state index contributed by atoms with van der Waals surface area (Å²) in [7, 11) is 1.85. The molecule has 0 saturated carbocycles. The van der Waals surface area contributed by atoms with E-state index >= 15 is 0 Å². The van der Waals surface area contributed by atoms with Gasteiger partial charge in [-0.2, -0.15) is 0 Å². The highest BCUT2D eigenvalue weighted by Crippen LogP contribution is 2.12. The van der Waals surface area contributed by atoms with Crippen molar-refractivity contribution in [1.29, 1.82) is 0 Å². The number of anilines is 1. The van der Waals surface area contributed by atoms with E-state index in [1.54, 1.807) is 0 Å². The van der Waals surface area contributed by atoms with E-state index in [1.807, 2.05) is 19.2 Å². The van der Waals surface area contributed by atoms with Crippen LogP contribution in [-0.4, -0.2) is 35.1 Å². The number of nitrogens with zero attached hydrogens (tertiary/aromatic N) is 2. The van der Waals surface area contributed by atoms with Crippen LogP contribution in [0.1, 0.15) is 12.7 Å². The first-order chi connectivity index (χ1) is 7.83. The molecule has 0 amide bonds. The van der Waals surface area contributed by atoms with Crippen molar-refractivity contribution in [3.8, 4) is 0 Å². The number of pyridine rings is 1. The molecule has 0 spiro atoms. The molecule has 0 aromatic carbocycles. The summed E-state index contributed by atoms with van der Waals surface area (Å²) in [6.45, 7) is 4.02. The minimum atomic E-state index is 0.776. The van der Waals surface area contributed by atoms with Crippen LogP contribution in [0.15, 0.2) is 12.1 Å². The normalized spacial score (nSPS) is 10.9. The van der Waals surface area contributed by atoms with Crippen LogP contribution >= 0.6 is 0 Å². The van der Waals surface area contributed by atoms with Crippen LogP contribution in [-0.2, 0) is 6.42 Å². The fourth-order valence-corrected chi connectivity index (χ4v) is 1.58. The predicted molar refractivity (Wildman–Crippen MR) is 65.7 cm³/mol. The molecule has 0 aliphatic carbocycles. The lowest BCUT2D eigenvalue weighted by molar-refractivity contribution is 0.702. The van der Waals surface area contributed by atoms with Gasteiger partial charge in [-0.1, -0.05) is 6.92 Å². The molecule has 0 fully saturated rings. The molecule has 0 aliphatic heterocycles. The number of imidazole rings is 1. The van der Waals surface area contributed by atoms with Gasteiger partial charge in [-0.25, -0.2) is 9.97 Å². The number of likely N-dealkylation sites (N-methyl/N-ethyl adjacent to an activating group) is 1. The van der Waals surface area contributed by atoms with Gasteiger partial charge in [-0.15, -0.1) is 0 Å². The van der Waals surface area contributed by atoms with Gasteiger partial charge in [0.2, 0.25) is 0 Å². The van der Waals surface area contributed by atoms with Crippen LogP contribution in [0.5, 0.6) is 0 Å². The summed E-state index contributed by atoms with van der Waals surface area (Å²) in [6.07, 6.45) is 0.902. The topological polar surface area (TPSA) is 65.6 Å². The molecule has 2 heterocycles. The highest BCUT2D eigenvalue weighted by Gasteiger charge is 2.03. The zero-order valence-corrected chi connectivity index (χ0v) is 9.67. The first-order valence-corrected chi connectivity index (χ1v) is 5.57. The second-order valence-corrected chi connectivity index (χ2v) is 3.60. The SMILES string of the molecule is CCNCCc1nc2nc(NC)ccc2[nH]1. The molecule has 0 saturated heterocycles. The minimum absolute atomic E-state index is 0.776. The lowest BCUT2D eigenvalue weighted by Gasteiger charge is -1.96. The quantitative estimate of drug-likeness (QED) is 0.660. The molecule has 2 aromatic rings. The van der Waals surface area contributed by atoms with E-state index in [1.165, 1.54) is 0 Å². The molecule has 0 radical (unpaired) electrons. The van der Waals surface area contributed by atoms with E-state index in [0.717, 1.165) is 42.3 Å². The van der Waals surface area contributed by atoms with Gasteiger partial charge in [-0.05, 0) is 18.7 Å². The fraction of sp³-hybridized carbons (Fsp3) is 0.455. The molecular formula is C11H17N5. The van der Waals surface area contributed by atoms with Gasteiger partial charge in [0, 0.05) is 20.0 Å². The number of aromatic nitrogens is 3. The number of hydrogen-bond donors (Lipinski definition) is 3. The maximum absolute atomic E-state index is 4.45. The smallest absolute Gasteiger partial charge is 0.179 e. The Labute approximate surface area is 94.7 Å². The third kappa shape index (κ3) is 2.30. The van der Waals surface area contributed by atoms with Gasteiger partial charge in [0.05, 0.1) is 5.52 Å². The Morgan fingerprint density at radius 1 is 1.31 bits per heavy atom. The molecule has 0 aliphatic rings. The highest BCUT2D eigenvalue weighted by atomic mass is 15.0. The molecule has 0 atom stereocenters. The Kier molecular flexibility index (Phi) is 3.36. The van der Waals surface area contributed by atoms with Gasteiger partial charge in [0.15, 0.2) is 5.65 Å². The van der Waals surface area contributed by atoms with Gasteiger partial charge in [0.1, 0.15) is 11.6 Å². The van der Waals surface area contributed by atoms with E-state index in [4.69, 9.17) is 0 Å². The van der Waals surface area contributed by atoms with E-state index < -0.39 is 0 Å². The van der Waals surface area contributed by atoms with E-state index in [2.05, 4.69) is 32.5 Å². The fourth-order valence-electron chi connectivity index (χ4n) is 1.58. The van der Waals surface area contributed by atoms with Crippen LogP contribution < -0.4 is 10.6 Å². The molecule has 5 nitrogen and oxygen atoms in total. The van der Waals surface area contributed by atoms with Crippen LogP contribution in [0.4, 0.5) is 5.82 Å². The summed E-state index contributed by atoms with van der Waals surface area (Å²) in [6, 6.07) is 3.94. The van der Waals surface area contributed by atoms with Crippen LogP contribution in [0.3, 0.4) is 0 Å². The maximum Gasteiger partial charge on any atom is 0.179 e. The summed E-state index contributed by atoms with van der Waals surface area (Å²) in [5.74, 6) is 1.83. The Morgan fingerprint density at radius 3 is 2.94 bits per heavy atom. The van der Waals surface area contributed by atoms with Crippen molar-refractivity contribution in [3.63, 3.8) is 0 Å². The Bertz CT molecular complexity index is 462. The van der Waals surface area contributed by atoms with Gasteiger partial charge in [-0.3, -0.25) is 0 Å². The molecular weight excluding hydrogens is 202 g/mol. The third-order valence-electron chi connectivity index (χ3n) is 2.44. The molecule has 86 valence electrons. The van der Waals surface area contributed by atoms with Gasteiger partial charge >= 0.3 is 0 Å². The largest absolute Gasteiger partial charge is 0.373 e. The van der Waals surface area contributed by atoms with Crippen LogP contribution in [0.2, 0.25) is 0 Å². The lowest BCUT2D eigenvalue weighted by Crippen LogP contribution is -2.16. The van der Waals surface area contributed by atoms with E-state index in [9.17, 15) is 0 Å². The Balaban J connectivity index is 2.16. The number of hydrogen-bond acceptors (Lipinski definition) is 4. The van der Waals surface area contributed by atoms with E-state index in [-0.39, 0.29) is 0 Å². The average Bonchev–Trinajstić information content (AvgIpc) is 2.70. The first kappa shape index (κ1) is 10.9. The third-order valence-corrected chi connectivity index (χ3v) is 2.44. The summed E-state index contributed by atoms with van der Waals surface area (Å²) in [5, 5.41) is 6.27. The molecule has 0 unspecified atom stereocenters. The maximum atomic E-state index is 4.45. The summed E-state index contributed by atoms with van der Waals surface area (Å²) < 4.78 is 0. The van der Waals surface area contributed by atoms with E-state index in [0.29, 0.717) is 0 Å². The molecule has 2 rings (SSSR count). The summed E-state index contributed by atoms with van der Waals surface area (Å²) in [5.41, 5.74) is 1.77. The van der Waals surface area contributed by atoms with Crippen molar-refractivity contribution in [2.45, 2.75) is 13.3 Å². The van der Waals surface area contributed by atoms with Crippen molar-refractivity contribution in [2.75, 3.05) is 25.5 Å². The summed E-state index contributed by atoms with van der Waals surface area (Å²) in [4.78, 5) is 12.1.